The normalized spacial score (nSPS) is 13.0. The van der Waals surface area contributed by atoms with Gasteiger partial charge in [-0.1, -0.05) is 54.7 Å². The molecule has 3 heterocycles. The number of carbonyl (C=O) groups is 1. The number of anilines is 2. The first-order valence-electron chi connectivity index (χ1n) is 12.8. The van der Waals surface area contributed by atoms with Gasteiger partial charge in [0, 0.05) is 18.3 Å². The third-order valence-electron chi connectivity index (χ3n) is 6.93. The summed E-state index contributed by atoms with van der Waals surface area (Å²) in [4.78, 5) is 24.9. The molecule has 0 atom stereocenters. The fourth-order valence-electron chi connectivity index (χ4n) is 4.88. The van der Waals surface area contributed by atoms with Crippen molar-refractivity contribution >= 4 is 48.3 Å². The lowest BCUT2D eigenvalue weighted by atomic mass is 10.1. The average Bonchev–Trinajstić information content (AvgIpc) is 3.61. The second-order valence-electron chi connectivity index (χ2n) is 9.31. The van der Waals surface area contributed by atoms with E-state index in [2.05, 4.69) is 18.0 Å². The molecule has 39 heavy (non-hydrogen) atoms. The number of amides is 1. The molecule has 1 amide bonds. The quantitative estimate of drug-likeness (QED) is 0.252. The second-order valence-corrected chi connectivity index (χ2v) is 12.2. The Labute approximate surface area is 231 Å². The molecule has 0 aliphatic carbocycles. The lowest BCUT2D eigenvalue weighted by Gasteiger charge is -2.21. The summed E-state index contributed by atoms with van der Waals surface area (Å²) in [6.45, 7) is 2.73. The van der Waals surface area contributed by atoms with E-state index >= 15 is 0 Å². The smallest absolute Gasteiger partial charge is 0.264 e. The van der Waals surface area contributed by atoms with Crippen LogP contribution in [0, 0.1) is 0 Å². The van der Waals surface area contributed by atoms with E-state index in [4.69, 9.17) is 4.98 Å². The zero-order chi connectivity index (χ0) is 27.0. The molecule has 9 heteroatoms. The van der Waals surface area contributed by atoms with Crippen LogP contribution in [-0.2, 0) is 29.4 Å². The van der Waals surface area contributed by atoms with Crippen LogP contribution in [0.15, 0.2) is 96.0 Å². The van der Waals surface area contributed by atoms with Gasteiger partial charge in [0.05, 0.1) is 33.0 Å². The predicted molar refractivity (Wildman–Crippen MR) is 155 cm³/mol. The van der Waals surface area contributed by atoms with Crippen LogP contribution in [-0.4, -0.2) is 30.8 Å². The molecule has 6 rings (SSSR count). The Morgan fingerprint density at radius 1 is 0.974 bits per heavy atom. The lowest BCUT2D eigenvalue weighted by Crippen LogP contribution is -2.31. The van der Waals surface area contributed by atoms with Gasteiger partial charge in [-0.15, -0.1) is 0 Å². The lowest BCUT2D eigenvalue weighted by molar-refractivity contribution is 0.0984. The number of thiazole rings is 1. The molecule has 1 aliphatic rings. The summed E-state index contributed by atoms with van der Waals surface area (Å²) in [5, 5.41) is 0.576. The first-order chi connectivity index (χ1) is 19.0. The molecule has 3 aromatic carbocycles. The van der Waals surface area contributed by atoms with E-state index in [0.717, 1.165) is 33.5 Å². The zero-order valence-corrected chi connectivity index (χ0v) is 23.0. The van der Waals surface area contributed by atoms with E-state index in [1.54, 1.807) is 23.2 Å². The van der Waals surface area contributed by atoms with Crippen LogP contribution in [0.5, 0.6) is 0 Å². The van der Waals surface area contributed by atoms with Gasteiger partial charge in [-0.05, 0) is 72.5 Å². The summed E-state index contributed by atoms with van der Waals surface area (Å²) in [6, 6.07) is 25.4. The number of hydrogen-bond acceptors (Lipinski definition) is 6. The van der Waals surface area contributed by atoms with Crippen molar-refractivity contribution in [2.75, 3.05) is 15.7 Å². The molecule has 0 spiro atoms. The fraction of sp³-hybridized carbons (Fsp3) is 0.167. The first-order valence-corrected chi connectivity index (χ1v) is 15.0. The number of nitrogens with zero attached hydrogens (tertiary/aromatic N) is 4. The molecule has 0 N–H and O–H groups in total. The molecule has 0 radical (unpaired) electrons. The monoisotopic (exact) mass is 554 g/mol. The molecule has 0 saturated carbocycles. The zero-order valence-electron chi connectivity index (χ0n) is 21.3. The number of aromatic nitrogens is 2. The van der Waals surface area contributed by atoms with Gasteiger partial charge in [-0.3, -0.25) is 19.0 Å². The maximum absolute atomic E-state index is 13.9. The van der Waals surface area contributed by atoms with Gasteiger partial charge in [0.1, 0.15) is 0 Å². The van der Waals surface area contributed by atoms with Crippen molar-refractivity contribution in [3.8, 4) is 0 Å². The molecule has 2 aromatic heterocycles. The van der Waals surface area contributed by atoms with Crippen LogP contribution in [0.1, 0.15) is 34.1 Å². The molecule has 0 saturated heterocycles. The Hall–Kier alpha value is -4.08. The van der Waals surface area contributed by atoms with Crippen molar-refractivity contribution < 1.29 is 13.2 Å². The van der Waals surface area contributed by atoms with Gasteiger partial charge < -0.3 is 0 Å². The number of para-hydroxylation sites is 2. The van der Waals surface area contributed by atoms with Crippen molar-refractivity contribution in [1.82, 2.24) is 9.97 Å². The van der Waals surface area contributed by atoms with Crippen molar-refractivity contribution in [2.45, 2.75) is 31.2 Å². The largest absolute Gasteiger partial charge is 0.278 e. The third kappa shape index (κ3) is 4.68. The van der Waals surface area contributed by atoms with E-state index in [1.807, 2.05) is 54.6 Å². The minimum absolute atomic E-state index is 0.152. The Balaban J connectivity index is 1.34. The minimum Gasteiger partial charge on any atom is -0.278 e. The summed E-state index contributed by atoms with van der Waals surface area (Å²) in [6.07, 6.45) is 3.21. The Morgan fingerprint density at radius 2 is 1.77 bits per heavy atom. The second kappa shape index (κ2) is 10.2. The van der Waals surface area contributed by atoms with Crippen molar-refractivity contribution in [3.05, 3.63) is 114 Å². The summed E-state index contributed by atoms with van der Waals surface area (Å²) in [5.74, 6) is -0.270. The van der Waals surface area contributed by atoms with Crippen LogP contribution in [0.4, 0.5) is 10.8 Å². The summed E-state index contributed by atoms with van der Waals surface area (Å²) in [7, 11) is -3.75. The highest BCUT2D eigenvalue weighted by atomic mass is 32.2. The van der Waals surface area contributed by atoms with Crippen LogP contribution in [0.2, 0.25) is 0 Å². The molecule has 0 bridgehead atoms. The maximum Gasteiger partial charge on any atom is 0.264 e. The number of hydrogen-bond donors (Lipinski definition) is 0. The molecule has 7 nitrogen and oxygen atoms in total. The number of fused-ring (bicyclic) bond motifs is 2. The SMILES string of the molecule is CCc1cccc2sc(N(Cc3ccccn3)C(=O)c3ccc(S(=O)(=O)N4CCc5ccccc54)cc3)nc12. The van der Waals surface area contributed by atoms with E-state index < -0.39 is 10.0 Å². The predicted octanol–water partition coefficient (Wildman–Crippen LogP) is 5.85. The first kappa shape index (κ1) is 25.2. The van der Waals surface area contributed by atoms with Gasteiger partial charge in [-0.2, -0.15) is 0 Å². The topological polar surface area (TPSA) is 83.5 Å². The maximum atomic E-state index is 13.9. The van der Waals surface area contributed by atoms with Crippen LogP contribution in [0.25, 0.3) is 10.2 Å². The highest BCUT2D eigenvalue weighted by Gasteiger charge is 2.31. The molecule has 1 aliphatic heterocycles. The number of rotatable bonds is 7. The average molecular weight is 555 g/mol. The van der Waals surface area contributed by atoms with Crippen molar-refractivity contribution in [2.24, 2.45) is 0 Å². The summed E-state index contributed by atoms with van der Waals surface area (Å²) >= 11 is 1.46. The Morgan fingerprint density at radius 3 is 2.54 bits per heavy atom. The molecule has 196 valence electrons. The molecular formula is C30H26N4O3S2. The highest BCUT2D eigenvalue weighted by Crippen LogP contribution is 2.34. The van der Waals surface area contributed by atoms with E-state index in [0.29, 0.717) is 29.3 Å². The van der Waals surface area contributed by atoms with Crippen molar-refractivity contribution in [1.29, 1.82) is 0 Å². The van der Waals surface area contributed by atoms with E-state index in [1.165, 1.54) is 27.8 Å². The number of pyridine rings is 1. The van der Waals surface area contributed by atoms with Gasteiger partial charge in [0.2, 0.25) is 0 Å². The minimum atomic E-state index is -3.75. The fourth-order valence-corrected chi connectivity index (χ4v) is 7.40. The number of aryl methyl sites for hydroxylation is 1. The number of benzene rings is 3. The molecule has 0 unspecified atom stereocenters. The van der Waals surface area contributed by atoms with Crippen LogP contribution in [0.3, 0.4) is 0 Å². The standard InChI is InChI=1S/C30H26N4O3S2/c1-2-21-9-7-12-27-28(21)32-30(38-27)33(20-24-10-5-6-18-31-24)29(35)23-13-15-25(16-14-23)39(36,37)34-19-17-22-8-3-4-11-26(22)34/h3-16,18H,2,17,19-20H2,1H3. The summed E-state index contributed by atoms with van der Waals surface area (Å²) in [5.41, 5.74) is 4.85. The number of sulfonamides is 1. The molecular weight excluding hydrogens is 528 g/mol. The Kier molecular flexibility index (Phi) is 6.62. The summed E-state index contributed by atoms with van der Waals surface area (Å²) < 4.78 is 29.4. The highest BCUT2D eigenvalue weighted by molar-refractivity contribution is 7.92. The van der Waals surface area contributed by atoms with Crippen LogP contribution >= 0.6 is 11.3 Å². The van der Waals surface area contributed by atoms with Gasteiger partial charge >= 0.3 is 0 Å². The molecule has 0 fully saturated rings. The van der Waals surface area contributed by atoms with Gasteiger partial charge in [0.25, 0.3) is 15.9 Å². The van der Waals surface area contributed by atoms with E-state index in [-0.39, 0.29) is 17.3 Å². The Bertz CT molecular complexity index is 1770. The van der Waals surface area contributed by atoms with Gasteiger partial charge in [0.15, 0.2) is 5.13 Å². The third-order valence-corrected chi connectivity index (χ3v) is 9.80. The molecule has 5 aromatic rings. The number of carbonyl (C=O) groups excluding carboxylic acids is 1. The van der Waals surface area contributed by atoms with Crippen molar-refractivity contribution in [3.63, 3.8) is 0 Å². The van der Waals surface area contributed by atoms with E-state index in [9.17, 15) is 13.2 Å². The van der Waals surface area contributed by atoms with Crippen LogP contribution < -0.4 is 9.21 Å². The van der Waals surface area contributed by atoms with Gasteiger partial charge in [-0.25, -0.2) is 13.4 Å².